The van der Waals surface area contributed by atoms with E-state index in [1.54, 1.807) is 0 Å². The van der Waals surface area contributed by atoms with Gasteiger partial charge in [-0.2, -0.15) is 0 Å². The van der Waals surface area contributed by atoms with Crippen molar-refractivity contribution in [1.29, 1.82) is 0 Å². The van der Waals surface area contributed by atoms with Gasteiger partial charge >= 0.3 is 0 Å². The summed E-state index contributed by atoms with van der Waals surface area (Å²) in [4.78, 5) is 21.1. The SMILES string of the molecule is CC(C)(C)N1CCN(C(=O)c2csc(CCN)n2)CC1. The molecule has 112 valence electrons. The number of aromatic nitrogens is 1. The molecule has 1 aromatic rings. The fourth-order valence-corrected chi connectivity index (χ4v) is 3.18. The first-order valence-corrected chi connectivity index (χ1v) is 7.98. The van der Waals surface area contributed by atoms with Crippen LogP contribution in [0.5, 0.6) is 0 Å². The predicted octanol–water partition coefficient (Wildman–Crippen LogP) is 1.20. The van der Waals surface area contributed by atoms with Crippen molar-refractivity contribution in [2.24, 2.45) is 5.73 Å². The van der Waals surface area contributed by atoms with Crippen LogP contribution in [-0.4, -0.2) is 59.0 Å². The van der Waals surface area contributed by atoms with Gasteiger partial charge in [0.2, 0.25) is 0 Å². The Hall–Kier alpha value is -0.980. The lowest BCUT2D eigenvalue weighted by molar-refractivity contribution is 0.0447. The fraction of sp³-hybridized carbons (Fsp3) is 0.714. The zero-order valence-corrected chi connectivity index (χ0v) is 13.4. The number of hydrogen-bond donors (Lipinski definition) is 1. The molecule has 0 aliphatic carbocycles. The second-order valence-electron chi connectivity index (χ2n) is 6.12. The van der Waals surface area contributed by atoms with Crippen molar-refractivity contribution < 1.29 is 4.79 Å². The number of rotatable bonds is 3. The molecule has 1 aromatic heterocycles. The van der Waals surface area contributed by atoms with Gasteiger partial charge in [0.1, 0.15) is 5.69 Å². The number of hydrogen-bond acceptors (Lipinski definition) is 5. The van der Waals surface area contributed by atoms with Crippen LogP contribution < -0.4 is 5.73 Å². The van der Waals surface area contributed by atoms with Crippen LogP contribution in [0.4, 0.5) is 0 Å². The lowest BCUT2D eigenvalue weighted by Gasteiger charge is -2.42. The molecule has 0 atom stereocenters. The van der Waals surface area contributed by atoms with Crippen LogP contribution in [0.2, 0.25) is 0 Å². The van der Waals surface area contributed by atoms with Crippen molar-refractivity contribution >= 4 is 17.2 Å². The minimum Gasteiger partial charge on any atom is -0.335 e. The number of piperazine rings is 1. The van der Waals surface area contributed by atoms with E-state index in [1.165, 1.54) is 11.3 Å². The van der Waals surface area contributed by atoms with Crippen molar-refractivity contribution in [3.8, 4) is 0 Å². The zero-order valence-electron chi connectivity index (χ0n) is 12.6. The van der Waals surface area contributed by atoms with E-state index in [9.17, 15) is 4.79 Å². The van der Waals surface area contributed by atoms with Crippen molar-refractivity contribution in [3.05, 3.63) is 16.1 Å². The lowest BCUT2D eigenvalue weighted by Crippen LogP contribution is -2.54. The molecule has 2 rings (SSSR count). The van der Waals surface area contributed by atoms with Crippen LogP contribution in [0, 0.1) is 0 Å². The van der Waals surface area contributed by atoms with Gasteiger partial charge in [0.15, 0.2) is 0 Å². The molecule has 0 unspecified atom stereocenters. The first-order valence-electron chi connectivity index (χ1n) is 7.10. The molecular weight excluding hydrogens is 272 g/mol. The molecule has 20 heavy (non-hydrogen) atoms. The number of amides is 1. The smallest absolute Gasteiger partial charge is 0.273 e. The van der Waals surface area contributed by atoms with E-state index in [0.29, 0.717) is 12.2 Å². The number of thiazole rings is 1. The number of nitrogens with zero attached hydrogens (tertiary/aromatic N) is 3. The third-order valence-corrected chi connectivity index (χ3v) is 4.55. The van der Waals surface area contributed by atoms with E-state index in [-0.39, 0.29) is 11.4 Å². The first-order chi connectivity index (χ1) is 9.41. The van der Waals surface area contributed by atoms with E-state index < -0.39 is 0 Å². The highest BCUT2D eigenvalue weighted by atomic mass is 32.1. The lowest BCUT2D eigenvalue weighted by atomic mass is 10.0. The maximum Gasteiger partial charge on any atom is 0.273 e. The molecule has 0 aromatic carbocycles. The van der Waals surface area contributed by atoms with Crippen LogP contribution in [0.15, 0.2) is 5.38 Å². The highest BCUT2D eigenvalue weighted by Gasteiger charge is 2.28. The fourth-order valence-electron chi connectivity index (χ4n) is 2.39. The van der Waals surface area contributed by atoms with Gasteiger partial charge in [0, 0.05) is 43.5 Å². The summed E-state index contributed by atoms with van der Waals surface area (Å²) < 4.78 is 0. The predicted molar refractivity (Wildman–Crippen MR) is 82.1 cm³/mol. The molecule has 0 radical (unpaired) electrons. The van der Waals surface area contributed by atoms with Crippen molar-refractivity contribution in [2.45, 2.75) is 32.7 Å². The third kappa shape index (κ3) is 3.56. The standard InChI is InChI=1S/C14H24N4OS/c1-14(2,3)18-8-6-17(7-9-18)13(19)11-10-20-12(16-11)4-5-15/h10H,4-9,15H2,1-3H3. The molecule has 0 spiro atoms. The van der Waals surface area contributed by atoms with Gasteiger partial charge in [0.25, 0.3) is 5.91 Å². The van der Waals surface area contributed by atoms with Gasteiger partial charge in [-0.1, -0.05) is 0 Å². The average Bonchev–Trinajstić information content (AvgIpc) is 2.86. The number of carbonyl (C=O) groups is 1. The van der Waals surface area contributed by atoms with Gasteiger partial charge in [-0.15, -0.1) is 11.3 Å². The molecule has 1 aliphatic heterocycles. The van der Waals surface area contributed by atoms with Crippen LogP contribution in [0.1, 0.15) is 36.3 Å². The van der Waals surface area contributed by atoms with E-state index in [1.807, 2.05) is 10.3 Å². The quantitative estimate of drug-likeness (QED) is 0.910. The highest BCUT2D eigenvalue weighted by Crippen LogP contribution is 2.18. The summed E-state index contributed by atoms with van der Waals surface area (Å²) in [5.74, 6) is 0.0538. The molecule has 0 saturated carbocycles. The Kier molecular flexibility index (Phi) is 4.78. The summed E-state index contributed by atoms with van der Waals surface area (Å²) >= 11 is 1.52. The molecule has 6 heteroatoms. The number of carbonyl (C=O) groups excluding carboxylic acids is 1. The van der Waals surface area contributed by atoms with Gasteiger partial charge in [-0.25, -0.2) is 4.98 Å². The van der Waals surface area contributed by atoms with Gasteiger partial charge in [0.05, 0.1) is 5.01 Å². The molecule has 2 N–H and O–H groups in total. The van der Waals surface area contributed by atoms with Crippen molar-refractivity contribution in [1.82, 2.24) is 14.8 Å². The van der Waals surface area contributed by atoms with E-state index in [0.717, 1.165) is 37.6 Å². The zero-order chi connectivity index (χ0) is 14.8. The van der Waals surface area contributed by atoms with Gasteiger partial charge < -0.3 is 10.6 Å². The van der Waals surface area contributed by atoms with E-state index in [4.69, 9.17) is 5.73 Å². The van der Waals surface area contributed by atoms with Crippen LogP contribution in [0.3, 0.4) is 0 Å². The molecule has 1 amide bonds. The Morgan fingerprint density at radius 3 is 2.55 bits per heavy atom. The Labute approximate surface area is 124 Å². The highest BCUT2D eigenvalue weighted by molar-refractivity contribution is 7.09. The van der Waals surface area contributed by atoms with Gasteiger partial charge in [-0.05, 0) is 27.3 Å². The third-order valence-electron chi connectivity index (χ3n) is 3.64. The summed E-state index contributed by atoms with van der Waals surface area (Å²) in [5.41, 5.74) is 6.25. The second kappa shape index (κ2) is 6.20. The topological polar surface area (TPSA) is 62.5 Å². The summed E-state index contributed by atoms with van der Waals surface area (Å²) in [6.07, 6.45) is 0.746. The Morgan fingerprint density at radius 2 is 2.00 bits per heavy atom. The van der Waals surface area contributed by atoms with Crippen LogP contribution >= 0.6 is 11.3 Å². The summed E-state index contributed by atoms with van der Waals surface area (Å²) in [6.45, 7) is 10.6. The maximum atomic E-state index is 12.4. The van der Waals surface area contributed by atoms with E-state index in [2.05, 4.69) is 30.7 Å². The normalized spacial score (nSPS) is 17.5. The molecule has 1 saturated heterocycles. The van der Waals surface area contributed by atoms with Gasteiger partial charge in [-0.3, -0.25) is 9.69 Å². The molecule has 5 nitrogen and oxygen atoms in total. The van der Waals surface area contributed by atoms with Crippen molar-refractivity contribution in [2.75, 3.05) is 32.7 Å². The van der Waals surface area contributed by atoms with E-state index >= 15 is 0 Å². The average molecular weight is 296 g/mol. The minimum absolute atomic E-state index is 0.0538. The molecule has 1 fully saturated rings. The maximum absolute atomic E-state index is 12.4. The van der Waals surface area contributed by atoms with Crippen LogP contribution in [0.25, 0.3) is 0 Å². The van der Waals surface area contributed by atoms with Crippen molar-refractivity contribution in [3.63, 3.8) is 0 Å². The van der Waals surface area contributed by atoms with Crippen LogP contribution in [-0.2, 0) is 6.42 Å². The molecular formula is C14H24N4OS. The Morgan fingerprint density at radius 1 is 1.35 bits per heavy atom. The summed E-state index contributed by atoms with van der Waals surface area (Å²) in [7, 11) is 0. The minimum atomic E-state index is 0.0538. The Balaban J connectivity index is 1.94. The first kappa shape index (κ1) is 15.4. The second-order valence-corrected chi connectivity index (χ2v) is 7.06. The number of nitrogens with two attached hydrogens (primary N) is 1. The monoisotopic (exact) mass is 296 g/mol. The summed E-state index contributed by atoms with van der Waals surface area (Å²) in [6, 6.07) is 0. The largest absolute Gasteiger partial charge is 0.335 e. The molecule has 0 bridgehead atoms. The molecule has 2 heterocycles. The summed E-state index contributed by atoms with van der Waals surface area (Å²) in [5, 5.41) is 2.80. The Bertz CT molecular complexity index is 458. The molecule has 1 aliphatic rings.